The van der Waals surface area contributed by atoms with Crippen LogP contribution in [0.3, 0.4) is 0 Å². The quantitative estimate of drug-likeness (QED) is 0.547. The molecule has 2 aromatic carbocycles. The molecule has 0 bridgehead atoms. The van der Waals surface area contributed by atoms with Crippen LogP contribution in [0.15, 0.2) is 41.2 Å². The van der Waals surface area contributed by atoms with E-state index in [2.05, 4.69) is 4.98 Å². The van der Waals surface area contributed by atoms with Gasteiger partial charge in [-0.3, -0.25) is 14.2 Å². The number of benzene rings is 2. The maximum Gasteiger partial charge on any atom is 0.280 e. The van der Waals surface area contributed by atoms with E-state index in [-0.39, 0.29) is 35.4 Å². The molecular weight excluding hydrogens is 480 g/mol. The lowest BCUT2D eigenvalue weighted by molar-refractivity contribution is -0.122. The Balaban J connectivity index is 1.60. The molecule has 184 valence electrons. The first-order chi connectivity index (χ1) is 16.4. The Labute approximate surface area is 205 Å². The summed E-state index contributed by atoms with van der Waals surface area (Å²) in [4.78, 5) is 31.6. The van der Waals surface area contributed by atoms with Crippen LogP contribution in [0.4, 0.5) is 14.5 Å². The second-order valence-corrected chi connectivity index (χ2v) is 9.42. The highest BCUT2D eigenvalue weighted by Gasteiger charge is 2.29. The lowest BCUT2D eigenvalue weighted by Gasteiger charge is -2.23. The third-order valence-electron chi connectivity index (χ3n) is 5.65. The fraction of sp³-hybridized carbons (Fsp3) is 0.320. The Morgan fingerprint density at radius 2 is 1.97 bits per heavy atom. The van der Waals surface area contributed by atoms with Gasteiger partial charge in [0.25, 0.3) is 5.56 Å². The molecule has 7 nitrogen and oxygen atoms in total. The highest BCUT2D eigenvalue weighted by molar-refractivity contribution is 6.31. The standard InChI is InChI=1S/C25H24ClF2N3O4/c1-14-29-23(35-13-16-4-5-17(27)11-19(16)28)22(26)24(33)31(14)18-6-7-20-15(10-18)8-9-30(20)21(32)12-25(2,3)34/h4-7,10-11,34H,8-9,12-13H2,1-3H3. The number of anilines is 1. The zero-order valence-corrected chi connectivity index (χ0v) is 20.2. The fourth-order valence-corrected chi connectivity index (χ4v) is 4.20. The van der Waals surface area contributed by atoms with Crippen LogP contribution in [-0.2, 0) is 17.8 Å². The van der Waals surface area contributed by atoms with E-state index in [4.69, 9.17) is 16.3 Å². The molecule has 0 fully saturated rings. The Bertz CT molecular complexity index is 1370. The van der Waals surface area contributed by atoms with E-state index in [0.717, 1.165) is 23.4 Å². The van der Waals surface area contributed by atoms with Gasteiger partial charge in [0.1, 0.15) is 24.1 Å². The molecule has 0 saturated carbocycles. The van der Waals surface area contributed by atoms with Gasteiger partial charge >= 0.3 is 0 Å². The van der Waals surface area contributed by atoms with Gasteiger partial charge in [0.05, 0.1) is 17.7 Å². The minimum Gasteiger partial charge on any atom is -0.471 e. The van der Waals surface area contributed by atoms with Crippen molar-refractivity contribution in [3.63, 3.8) is 0 Å². The molecule has 0 radical (unpaired) electrons. The summed E-state index contributed by atoms with van der Waals surface area (Å²) in [6.07, 6.45) is 0.593. The van der Waals surface area contributed by atoms with Crippen molar-refractivity contribution in [2.24, 2.45) is 0 Å². The van der Waals surface area contributed by atoms with E-state index in [9.17, 15) is 23.5 Å². The molecule has 2 heterocycles. The van der Waals surface area contributed by atoms with Gasteiger partial charge in [0, 0.05) is 23.9 Å². The molecule has 0 spiro atoms. The summed E-state index contributed by atoms with van der Waals surface area (Å²) in [5.41, 5.74) is 0.539. The summed E-state index contributed by atoms with van der Waals surface area (Å²) < 4.78 is 33.8. The van der Waals surface area contributed by atoms with Gasteiger partial charge in [-0.05, 0) is 63.1 Å². The largest absolute Gasteiger partial charge is 0.471 e. The second kappa shape index (κ2) is 9.39. The molecule has 1 aliphatic heterocycles. The van der Waals surface area contributed by atoms with Crippen LogP contribution < -0.4 is 15.2 Å². The van der Waals surface area contributed by atoms with E-state index < -0.39 is 22.8 Å². The van der Waals surface area contributed by atoms with Gasteiger partial charge in [-0.15, -0.1) is 0 Å². The molecule has 1 amide bonds. The summed E-state index contributed by atoms with van der Waals surface area (Å²) in [6, 6.07) is 8.33. The highest BCUT2D eigenvalue weighted by atomic mass is 35.5. The number of aliphatic hydroxyl groups is 1. The normalized spacial score (nSPS) is 13.2. The maximum atomic E-state index is 13.9. The molecule has 35 heavy (non-hydrogen) atoms. The number of fused-ring (bicyclic) bond motifs is 1. The third-order valence-corrected chi connectivity index (χ3v) is 5.97. The molecule has 0 atom stereocenters. The zero-order chi connectivity index (χ0) is 25.5. The lowest BCUT2D eigenvalue weighted by Crippen LogP contribution is -2.35. The van der Waals surface area contributed by atoms with Crippen LogP contribution >= 0.6 is 11.6 Å². The molecule has 10 heteroatoms. The number of carbonyl (C=O) groups is 1. The van der Waals surface area contributed by atoms with E-state index >= 15 is 0 Å². The van der Waals surface area contributed by atoms with Gasteiger partial charge in [0.15, 0.2) is 5.02 Å². The molecule has 1 aliphatic rings. The zero-order valence-electron chi connectivity index (χ0n) is 19.4. The number of carbonyl (C=O) groups excluding carboxylic acids is 1. The van der Waals surface area contributed by atoms with Crippen molar-refractivity contribution in [3.8, 4) is 11.6 Å². The number of hydrogen-bond acceptors (Lipinski definition) is 5. The summed E-state index contributed by atoms with van der Waals surface area (Å²) >= 11 is 6.24. The summed E-state index contributed by atoms with van der Waals surface area (Å²) in [7, 11) is 0. The van der Waals surface area contributed by atoms with Crippen molar-refractivity contribution in [2.75, 3.05) is 11.4 Å². The van der Waals surface area contributed by atoms with E-state index in [0.29, 0.717) is 24.5 Å². The third kappa shape index (κ3) is 5.21. The molecule has 0 unspecified atom stereocenters. The van der Waals surface area contributed by atoms with Crippen LogP contribution in [0.5, 0.6) is 5.88 Å². The first kappa shape index (κ1) is 24.8. The highest BCUT2D eigenvalue weighted by Crippen LogP contribution is 2.32. The molecule has 3 aromatic rings. The van der Waals surface area contributed by atoms with Crippen LogP contribution in [0.25, 0.3) is 5.69 Å². The predicted octanol–water partition coefficient (Wildman–Crippen LogP) is 4.10. The van der Waals surface area contributed by atoms with Crippen molar-refractivity contribution in [1.82, 2.24) is 9.55 Å². The summed E-state index contributed by atoms with van der Waals surface area (Å²) in [5, 5.41) is 9.70. The van der Waals surface area contributed by atoms with Gasteiger partial charge in [-0.1, -0.05) is 11.6 Å². The average molecular weight is 504 g/mol. The number of ether oxygens (including phenoxy) is 1. The smallest absolute Gasteiger partial charge is 0.280 e. The van der Waals surface area contributed by atoms with Crippen molar-refractivity contribution >= 4 is 23.2 Å². The molecule has 0 saturated heterocycles. The number of amides is 1. The van der Waals surface area contributed by atoms with E-state index in [1.165, 1.54) is 10.6 Å². The fourth-order valence-electron chi connectivity index (χ4n) is 4.02. The van der Waals surface area contributed by atoms with Gasteiger partial charge in [-0.2, -0.15) is 4.98 Å². The number of nitrogens with zero attached hydrogens (tertiary/aromatic N) is 3. The molecular formula is C25H24ClF2N3O4. The SMILES string of the molecule is Cc1nc(OCc2ccc(F)cc2F)c(Cl)c(=O)n1-c1ccc2c(c1)CCN2C(=O)CC(C)(C)O. The van der Waals surface area contributed by atoms with Crippen molar-refractivity contribution in [3.05, 3.63) is 80.4 Å². The monoisotopic (exact) mass is 503 g/mol. The summed E-state index contributed by atoms with van der Waals surface area (Å²) in [6.45, 7) is 4.97. The lowest BCUT2D eigenvalue weighted by atomic mass is 10.0. The first-order valence-corrected chi connectivity index (χ1v) is 11.3. The minimum absolute atomic E-state index is 0.00440. The number of aryl methyl sites for hydroxylation is 1. The second-order valence-electron chi connectivity index (χ2n) is 9.04. The van der Waals surface area contributed by atoms with E-state index in [1.807, 2.05) is 0 Å². The Morgan fingerprint density at radius 1 is 1.23 bits per heavy atom. The van der Waals surface area contributed by atoms with Crippen molar-refractivity contribution in [1.29, 1.82) is 0 Å². The molecule has 1 aromatic heterocycles. The summed E-state index contributed by atoms with van der Waals surface area (Å²) in [5.74, 6) is -1.53. The molecule has 1 N–H and O–H groups in total. The minimum atomic E-state index is -1.11. The van der Waals surface area contributed by atoms with Gasteiger partial charge in [0.2, 0.25) is 11.8 Å². The number of rotatable bonds is 6. The maximum absolute atomic E-state index is 13.9. The number of hydrogen-bond donors (Lipinski definition) is 1. The van der Waals surface area contributed by atoms with Crippen LogP contribution in [-0.4, -0.2) is 32.7 Å². The topological polar surface area (TPSA) is 84.7 Å². The first-order valence-electron chi connectivity index (χ1n) is 11.0. The van der Waals surface area contributed by atoms with Crippen molar-refractivity contribution < 1.29 is 23.4 Å². The van der Waals surface area contributed by atoms with E-state index in [1.54, 1.807) is 43.9 Å². The van der Waals surface area contributed by atoms with Crippen LogP contribution in [0.2, 0.25) is 5.02 Å². The molecule has 4 rings (SSSR count). The Kier molecular flexibility index (Phi) is 6.66. The van der Waals surface area contributed by atoms with Gasteiger partial charge in [-0.25, -0.2) is 8.78 Å². The Hall–Kier alpha value is -3.30. The number of halogens is 3. The predicted molar refractivity (Wildman–Crippen MR) is 127 cm³/mol. The van der Waals surface area contributed by atoms with Crippen molar-refractivity contribution in [2.45, 2.75) is 45.8 Å². The molecule has 0 aliphatic carbocycles. The van der Waals surface area contributed by atoms with Crippen LogP contribution in [0.1, 0.15) is 37.2 Å². The van der Waals surface area contributed by atoms with Gasteiger partial charge < -0.3 is 14.7 Å². The van der Waals surface area contributed by atoms with Crippen LogP contribution in [0, 0.1) is 18.6 Å². The number of aromatic nitrogens is 2. The average Bonchev–Trinajstić information content (AvgIpc) is 3.19. The Morgan fingerprint density at radius 3 is 2.66 bits per heavy atom.